The average molecular weight is 1370 g/mol. The summed E-state index contributed by atoms with van der Waals surface area (Å²) in [6.45, 7) is 14.1. The maximum atomic E-state index is 14.8. The van der Waals surface area contributed by atoms with E-state index in [1.165, 1.54) is 47.2 Å². The predicted octanol–water partition coefficient (Wildman–Crippen LogP) is 12.5. The van der Waals surface area contributed by atoms with E-state index >= 15 is 0 Å². The van der Waals surface area contributed by atoms with E-state index < -0.39 is 87.3 Å². The van der Waals surface area contributed by atoms with Gasteiger partial charge in [0.15, 0.2) is 22.3 Å². The predicted molar refractivity (Wildman–Crippen MR) is 349 cm³/mol. The second-order valence-electron chi connectivity index (χ2n) is 23.9. The van der Waals surface area contributed by atoms with Crippen LogP contribution in [0.15, 0.2) is 151 Å². The highest BCUT2D eigenvalue weighted by molar-refractivity contribution is 9.10. The van der Waals surface area contributed by atoms with Crippen molar-refractivity contribution in [3.05, 3.63) is 175 Å². The lowest BCUT2D eigenvalue weighted by atomic mass is 9.77. The van der Waals surface area contributed by atoms with Gasteiger partial charge in [0.1, 0.15) is 57.2 Å². The van der Waals surface area contributed by atoms with E-state index in [1.54, 1.807) is 92.0 Å². The average Bonchev–Trinajstić information content (AvgIpc) is 0.787. The maximum Gasteiger partial charge on any atom is 0.514 e. The number of thiazole rings is 1. The van der Waals surface area contributed by atoms with E-state index in [9.17, 15) is 33.6 Å². The Labute approximate surface area is 544 Å². The van der Waals surface area contributed by atoms with Crippen LogP contribution in [0.1, 0.15) is 90.3 Å². The van der Waals surface area contributed by atoms with E-state index in [0.717, 1.165) is 39.8 Å². The minimum Gasteiger partial charge on any atom is -0.497 e. The van der Waals surface area contributed by atoms with Gasteiger partial charge >= 0.3 is 24.2 Å². The molecule has 25 heteroatoms. The molecule has 0 spiro atoms. The third kappa shape index (κ3) is 15.9. The van der Waals surface area contributed by atoms with Crippen molar-refractivity contribution in [3.8, 4) is 17.2 Å². The molecule has 0 bridgehead atoms. The number of rotatable bonds is 20. The number of hydrogen-bond acceptors (Lipinski definition) is 22. The highest BCUT2D eigenvalue weighted by Gasteiger charge is 2.58. The van der Waals surface area contributed by atoms with Gasteiger partial charge in [-0.2, -0.15) is 0 Å². The number of thioether (sulfide) groups is 2. The molecule has 90 heavy (non-hydrogen) atoms. The lowest BCUT2D eigenvalue weighted by Crippen LogP contribution is -2.74. The number of halogens is 1. The fourth-order valence-electron chi connectivity index (χ4n) is 9.57. The molecule has 2 aromatic heterocycles. The second kappa shape index (κ2) is 27.6. The standard InChI is InChI=1S/C65H66BrN5O15S4/c1-61(2,3)84-48(72)33-81-70-50(44-34-87-58(67-44)69-65(39-20-14-11-15-21-39,40-22-16-12-17-23-40)41-24-18-13-19-25-41)53(74)68-51-54(75)71-35-64(36-88-55(51)71,57(76)80-32-38-26-28-42(79-10)29-27-38)37-89-56-49(66)52(73)43-30-45(82-59(77)85-62(4,5)6)46(31-47(43)90-56)83-60(78)86-63(7,8)9/h11-31,34,51,55H,32-33,35-37H2,1-10H3,(H,67,69)(H,68,74)/t51?,55-,64?/m1/s1. The number of carbonyl (C=O) groups is 6. The molecule has 2 saturated heterocycles. The van der Waals surface area contributed by atoms with Crippen molar-refractivity contribution < 1.29 is 66.8 Å². The highest BCUT2D eigenvalue weighted by atomic mass is 79.9. The monoisotopic (exact) mass is 1360 g/mol. The largest absolute Gasteiger partial charge is 0.514 e. The number of β-lactam (4-membered cyclic amide) rings is 1. The third-order valence-corrected chi connectivity index (χ3v) is 19.9. The van der Waals surface area contributed by atoms with Gasteiger partial charge in [-0.05, 0) is 119 Å². The van der Waals surface area contributed by atoms with Gasteiger partial charge in [0, 0.05) is 39.6 Å². The fourth-order valence-corrected chi connectivity index (χ4v) is 15.2. The fraction of sp³-hybridized carbons (Fsp3) is 0.338. The number of oxime groups is 1. The van der Waals surface area contributed by atoms with Crippen molar-refractivity contribution >= 4 is 119 Å². The number of hydrogen-bond donors (Lipinski definition) is 2. The number of anilines is 1. The lowest BCUT2D eigenvalue weighted by molar-refractivity contribution is -0.162. The molecule has 9 rings (SSSR count). The van der Waals surface area contributed by atoms with Crippen LogP contribution in [-0.4, -0.2) is 112 Å². The Kier molecular flexibility index (Phi) is 20.4. The quantitative estimate of drug-likeness (QED) is 0.0105. The first-order chi connectivity index (χ1) is 42.6. The normalized spacial score (nSPS) is 16.8. The number of esters is 2. The van der Waals surface area contributed by atoms with Crippen LogP contribution in [0.25, 0.3) is 10.1 Å². The molecule has 2 N–H and O–H groups in total. The molecule has 2 amide bonds. The molecule has 2 fully saturated rings. The Bertz CT molecular complexity index is 3790. The molecule has 472 valence electrons. The van der Waals surface area contributed by atoms with Crippen molar-refractivity contribution in [2.24, 2.45) is 10.6 Å². The van der Waals surface area contributed by atoms with Crippen molar-refractivity contribution in [1.29, 1.82) is 0 Å². The highest BCUT2D eigenvalue weighted by Crippen LogP contribution is 2.48. The molecule has 20 nitrogen and oxygen atoms in total. The zero-order valence-electron chi connectivity index (χ0n) is 50.9. The SMILES string of the molecule is COc1ccc(COC(=O)C2(CSc3sc4cc(OC(=O)OC(C)(C)C)c(OC(=O)OC(C)(C)C)cc4c(=O)c3Br)CS[C@@H]3C(NC(=O)C(=NOCC(=O)OC(C)(C)C)c4csc(NC(c5ccccc5)(c5ccccc5)c5ccccc5)n4)C(=O)N3C2)cc1. The molecule has 2 aliphatic rings. The minimum atomic E-state index is -1.40. The molecule has 3 atom stereocenters. The molecule has 5 aromatic carbocycles. The number of benzene rings is 5. The molecule has 4 heterocycles. The molecule has 0 radical (unpaired) electrons. The summed E-state index contributed by atoms with van der Waals surface area (Å²) in [5, 5.41) is 12.2. The summed E-state index contributed by atoms with van der Waals surface area (Å²) < 4.78 is 39.5. The first kappa shape index (κ1) is 66.4. The lowest BCUT2D eigenvalue weighted by Gasteiger charge is -2.54. The van der Waals surface area contributed by atoms with Gasteiger partial charge in [-0.3, -0.25) is 19.2 Å². The van der Waals surface area contributed by atoms with Gasteiger partial charge in [0.25, 0.3) is 5.91 Å². The Morgan fingerprint density at radius 1 is 0.756 bits per heavy atom. The molecule has 2 unspecified atom stereocenters. The summed E-state index contributed by atoms with van der Waals surface area (Å²) in [6, 6.07) is 38.2. The number of carbonyl (C=O) groups excluding carboxylic acids is 6. The molecule has 7 aromatic rings. The Balaban J connectivity index is 0.995. The molecular formula is C65H66BrN5O15S4. The molecule has 0 aliphatic carbocycles. The van der Waals surface area contributed by atoms with Crippen LogP contribution in [-0.2, 0) is 55.1 Å². The zero-order valence-corrected chi connectivity index (χ0v) is 55.7. The van der Waals surface area contributed by atoms with Crippen molar-refractivity contribution in [2.75, 3.05) is 37.1 Å². The Morgan fingerprint density at radius 2 is 1.31 bits per heavy atom. The van der Waals surface area contributed by atoms with Crippen LogP contribution in [0.4, 0.5) is 14.7 Å². The van der Waals surface area contributed by atoms with E-state index in [2.05, 4.69) is 31.7 Å². The van der Waals surface area contributed by atoms with Crippen molar-refractivity contribution in [3.63, 3.8) is 0 Å². The van der Waals surface area contributed by atoms with Gasteiger partial charge in [0.05, 0.1) is 15.8 Å². The third-order valence-electron chi connectivity index (χ3n) is 13.5. The van der Waals surface area contributed by atoms with E-state index in [1.807, 2.05) is 91.0 Å². The van der Waals surface area contributed by atoms with Crippen LogP contribution in [0, 0.1) is 5.41 Å². The van der Waals surface area contributed by atoms with Gasteiger partial charge < -0.3 is 53.5 Å². The van der Waals surface area contributed by atoms with Crippen LogP contribution < -0.4 is 30.3 Å². The van der Waals surface area contributed by atoms with Crippen LogP contribution >= 0.6 is 62.1 Å². The molecule has 2 aliphatic heterocycles. The summed E-state index contributed by atoms with van der Waals surface area (Å²) in [5.74, 6) is -2.54. The summed E-state index contributed by atoms with van der Waals surface area (Å²) in [5.41, 5.74) is -2.50. The van der Waals surface area contributed by atoms with E-state index in [-0.39, 0.29) is 57.4 Å². The van der Waals surface area contributed by atoms with E-state index in [0.29, 0.717) is 25.4 Å². The number of aromatic nitrogens is 1. The van der Waals surface area contributed by atoms with Gasteiger partial charge in [-0.15, -0.1) is 46.2 Å². The number of methoxy groups -OCH3 is 1. The summed E-state index contributed by atoms with van der Waals surface area (Å²) >= 11 is 8.24. The molecule has 0 saturated carbocycles. The smallest absolute Gasteiger partial charge is 0.497 e. The second-order valence-corrected chi connectivity index (χ2v) is 28.9. The summed E-state index contributed by atoms with van der Waals surface area (Å²) in [4.78, 5) is 109. The van der Waals surface area contributed by atoms with Crippen LogP contribution in [0.5, 0.6) is 17.2 Å². The summed E-state index contributed by atoms with van der Waals surface area (Å²) in [7, 11) is 1.54. The van der Waals surface area contributed by atoms with Crippen molar-refractivity contribution in [1.82, 2.24) is 15.2 Å². The van der Waals surface area contributed by atoms with Crippen molar-refractivity contribution in [2.45, 2.75) is 107 Å². The number of nitrogens with zero attached hydrogens (tertiary/aromatic N) is 3. The van der Waals surface area contributed by atoms with Gasteiger partial charge in [-0.25, -0.2) is 19.4 Å². The number of fused-ring (bicyclic) bond motifs is 2. The maximum absolute atomic E-state index is 14.8. The number of nitrogens with one attached hydrogen (secondary N) is 2. The van der Waals surface area contributed by atoms with Crippen LogP contribution in [0.3, 0.4) is 0 Å². The Hall–Kier alpha value is -7.97. The van der Waals surface area contributed by atoms with Gasteiger partial charge in [0.2, 0.25) is 17.9 Å². The first-order valence-electron chi connectivity index (χ1n) is 28.2. The van der Waals surface area contributed by atoms with E-state index in [4.69, 9.17) is 43.0 Å². The van der Waals surface area contributed by atoms with Gasteiger partial charge in [-0.1, -0.05) is 108 Å². The topological polar surface area (TPSA) is 246 Å². The molecular weight excluding hydrogens is 1300 g/mol. The van der Waals surface area contributed by atoms with Crippen LogP contribution in [0.2, 0.25) is 0 Å². The summed E-state index contributed by atoms with van der Waals surface area (Å²) in [6.07, 6.45) is -2.22. The first-order valence-corrected chi connectivity index (χ1v) is 32.8. The number of ether oxygens (including phenoxy) is 7. The Morgan fingerprint density at radius 3 is 1.86 bits per heavy atom. The number of amides is 2. The zero-order chi connectivity index (χ0) is 64.8. The minimum absolute atomic E-state index is 0.0117.